The van der Waals surface area contributed by atoms with Gasteiger partial charge in [0.15, 0.2) is 0 Å². The van der Waals surface area contributed by atoms with Gasteiger partial charge in [0.25, 0.3) is 0 Å². The third kappa shape index (κ3) is 3.20. The van der Waals surface area contributed by atoms with Crippen LogP contribution < -0.4 is 4.72 Å². The van der Waals surface area contributed by atoms with Crippen LogP contribution in [-0.4, -0.2) is 48.8 Å². The fraction of sp³-hybridized carbons (Fsp3) is 0.333. The monoisotopic (exact) mass is 313 g/mol. The number of aryl methyl sites for hydroxylation is 1. The van der Waals surface area contributed by atoms with Gasteiger partial charge < -0.3 is 14.4 Å². The molecule has 1 aromatic heterocycles. The van der Waals surface area contributed by atoms with E-state index in [4.69, 9.17) is 9.84 Å². The van der Waals surface area contributed by atoms with Crippen molar-refractivity contribution in [2.75, 3.05) is 13.7 Å². The summed E-state index contributed by atoms with van der Waals surface area (Å²) < 4.78 is 33.0. The Bertz CT molecular complexity index is 768. The van der Waals surface area contributed by atoms with E-state index < -0.39 is 22.0 Å². The summed E-state index contributed by atoms with van der Waals surface area (Å²) in [6.07, 6.45) is 1.57. The van der Waals surface area contributed by atoms with Crippen LogP contribution in [0.15, 0.2) is 29.4 Å². The number of aliphatic carboxylic acids is 1. The quantitative estimate of drug-likeness (QED) is 0.773. The molecule has 0 aliphatic heterocycles. The van der Waals surface area contributed by atoms with Gasteiger partial charge in [-0.1, -0.05) is 0 Å². The van der Waals surface area contributed by atoms with Crippen LogP contribution in [-0.2, 0) is 26.6 Å². The molecule has 2 rings (SSSR count). The molecule has 114 valence electrons. The standard InChI is InChI=1S/C12H15N3O5S/c1-15-7-13-9-5-8(3-4-11(9)15)21(18,19)14-10(6-20-2)12(16)17/h3-5,7,10,14H,6H2,1-2H3,(H,16,17). The number of hydrogen-bond acceptors (Lipinski definition) is 5. The number of nitrogens with zero attached hydrogens (tertiary/aromatic N) is 2. The molecule has 0 saturated heterocycles. The fourth-order valence-corrected chi connectivity index (χ4v) is 3.05. The van der Waals surface area contributed by atoms with Crippen molar-refractivity contribution in [3.8, 4) is 0 Å². The van der Waals surface area contributed by atoms with Crippen molar-refractivity contribution < 1.29 is 23.1 Å². The molecule has 1 heterocycles. The van der Waals surface area contributed by atoms with E-state index >= 15 is 0 Å². The zero-order valence-electron chi connectivity index (χ0n) is 11.5. The molecule has 0 bridgehead atoms. The minimum Gasteiger partial charge on any atom is -0.480 e. The number of aromatic nitrogens is 2. The number of methoxy groups -OCH3 is 1. The Hall–Kier alpha value is -1.97. The molecule has 21 heavy (non-hydrogen) atoms. The predicted molar refractivity (Wildman–Crippen MR) is 74.3 cm³/mol. The van der Waals surface area contributed by atoms with Crippen molar-refractivity contribution >= 4 is 27.0 Å². The Morgan fingerprint density at radius 3 is 2.86 bits per heavy atom. The zero-order chi connectivity index (χ0) is 15.6. The van der Waals surface area contributed by atoms with Gasteiger partial charge in [0.05, 0.1) is 28.9 Å². The number of nitrogens with one attached hydrogen (secondary N) is 1. The number of carbonyl (C=O) groups is 1. The van der Waals surface area contributed by atoms with Gasteiger partial charge in [0, 0.05) is 14.2 Å². The number of carboxylic acid groups (broad SMARTS) is 1. The van der Waals surface area contributed by atoms with Gasteiger partial charge in [-0.25, -0.2) is 13.4 Å². The molecule has 9 heteroatoms. The second-order valence-corrected chi connectivity index (χ2v) is 6.19. The van der Waals surface area contributed by atoms with Gasteiger partial charge in [-0.15, -0.1) is 0 Å². The molecule has 0 fully saturated rings. The minimum atomic E-state index is -3.97. The van der Waals surface area contributed by atoms with E-state index in [1.165, 1.54) is 19.2 Å². The number of imidazole rings is 1. The van der Waals surface area contributed by atoms with E-state index in [2.05, 4.69) is 9.71 Å². The molecule has 2 aromatic rings. The van der Waals surface area contributed by atoms with Crippen LogP contribution in [0.4, 0.5) is 0 Å². The molecular formula is C12H15N3O5S. The predicted octanol–water partition coefficient (Wildman–Crippen LogP) is -0.0488. The normalized spacial score (nSPS) is 13.4. The fourth-order valence-electron chi connectivity index (χ4n) is 1.86. The van der Waals surface area contributed by atoms with Crippen LogP contribution in [0.5, 0.6) is 0 Å². The Morgan fingerprint density at radius 1 is 1.52 bits per heavy atom. The van der Waals surface area contributed by atoms with E-state index in [0.717, 1.165) is 5.52 Å². The van der Waals surface area contributed by atoms with Crippen LogP contribution in [0.1, 0.15) is 0 Å². The third-order valence-electron chi connectivity index (χ3n) is 2.94. The summed E-state index contributed by atoms with van der Waals surface area (Å²) in [5.41, 5.74) is 1.29. The largest absolute Gasteiger partial charge is 0.480 e. The lowest BCUT2D eigenvalue weighted by atomic mass is 10.3. The highest BCUT2D eigenvalue weighted by atomic mass is 32.2. The lowest BCUT2D eigenvalue weighted by Crippen LogP contribution is -2.43. The van der Waals surface area contributed by atoms with Crippen molar-refractivity contribution in [2.45, 2.75) is 10.9 Å². The molecule has 0 radical (unpaired) electrons. The van der Waals surface area contributed by atoms with Crippen molar-refractivity contribution in [1.29, 1.82) is 0 Å². The van der Waals surface area contributed by atoms with Crippen LogP contribution in [0.3, 0.4) is 0 Å². The van der Waals surface area contributed by atoms with Gasteiger partial charge in [0.2, 0.25) is 10.0 Å². The average molecular weight is 313 g/mol. The first-order chi connectivity index (χ1) is 9.85. The maximum atomic E-state index is 12.2. The third-order valence-corrected chi connectivity index (χ3v) is 4.41. The first kappa shape index (κ1) is 15.4. The number of benzene rings is 1. The molecular weight excluding hydrogens is 298 g/mol. The van der Waals surface area contributed by atoms with Crippen molar-refractivity contribution in [3.63, 3.8) is 0 Å². The highest BCUT2D eigenvalue weighted by Gasteiger charge is 2.25. The van der Waals surface area contributed by atoms with E-state index in [0.29, 0.717) is 5.52 Å². The molecule has 0 spiro atoms. The highest BCUT2D eigenvalue weighted by Crippen LogP contribution is 2.17. The second-order valence-electron chi connectivity index (χ2n) is 4.47. The van der Waals surface area contributed by atoms with Crippen LogP contribution in [0.2, 0.25) is 0 Å². The minimum absolute atomic E-state index is 0.0453. The van der Waals surface area contributed by atoms with E-state index in [9.17, 15) is 13.2 Å². The van der Waals surface area contributed by atoms with Gasteiger partial charge >= 0.3 is 5.97 Å². The lowest BCUT2D eigenvalue weighted by molar-refractivity contribution is -0.140. The lowest BCUT2D eigenvalue weighted by Gasteiger charge is -2.13. The molecule has 0 saturated carbocycles. The first-order valence-corrected chi connectivity index (χ1v) is 7.48. The summed E-state index contributed by atoms with van der Waals surface area (Å²) in [6.45, 7) is -0.263. The van der Waals surface area contributed by atoms with Crippen LogP contribution in [0, 0.1) is 0 Å². The van der Waals surface area contributed by atoms with Gasteiger partial charge in [-0.05, 0) is 18.2 Å². The zero-order valence-corrected chi connectivity index (χ0v) is 12.3. The molecule has 1 aromatic carbocycles. The molecule has 2 N–H and O–H groups in total. The SMILES string of the molecule is COCC(NS(=O)(=O)c1ccc2c(c1)ncn2C)C(=O)O. The summed E-state index contributed by atoms with van der Waals surface area (Å²) in [6, 6.07) is 3.06. The van der Waals surface area contributed by atoms with Crippen LogP contribution in [0.25, 0.3) is 11.0 Å². The average Bonchev–Trinajstić information content (AvgIpc) is 2.79. The number of hydrogen-bond donors (Lipinski definition) is 2. The maximum Gasteiger partial charge on any atom is 0.324 e. The van der Waals surface area contributed by atoms with Crippen LogP contribution >= 0.6 is 0 Å². The van der Waals surface area contributed by atoms with E-state index in [-0.39, 0.29) is 11.5 Å². The van der Waals surface area contributed by atoms with E-state index in [1.54, 1.807) is 24.0 Å². The highest BCUT2D eigenvalue weighted by molar-refractivity contribution is 7.89. The molecule has 0 aliphatic carbocycles. The van der Waals surface area contributed by atoms with E-state index in [1.807, 2.05) is 0 Å². The summed E-state index contributed by atoms with van der Waals surface area (Å²) in [5, 5.41) is 8.97. The Balaban J connectivity index is 2.34. The summed E-state index contributed by atoms with van der Waals surface area (Å²) in [7, 11) is -0.881. The maximum absolute atomic E-state index is 12.2. The van der Waals surface area contributed by atoms with Gasteiger partial charge in [-0.3, -0.25) is 4.79 Å². The Morgan fingerprint density at radius 2 is 2.24 bits per heavy atom. The molecule has 1 unspecified atom stereocenters. The summed E-state index contributed by atoms with van der Waals surface area (Å²) in [5.74, 6) is -1.31. The number of carboxylic acids is 1. The first-order valence-electron chi connectivity index (χ1n) is 6.00. The molecule has 1 atom stereocenters. The number of rotatable bonds is 6. The number of fused-ring (bicyclic) bond motifs is 1. The second kappa shape index (κ2) is 5.80. The number of sulfonamides is 1. The Labute approximate surface area is 121 Å². The van der Waals surface area contributed by atoms with Crippen molar-refractivity contribution in [1.82, 2.24) is 14.3 Å². The number of ether oxygens (including phenoxy) is 1. The smallest absolute Gasteiger partial charge is 0.324 e. The topological polar surface area (TPSA) is 111 Å². The van der Waals surface area contributed by atoms with Crippen molar-refractivity contribution in [3.05, 3.63) is 24.5 Å². The molecule has 0 amide bonds. The summed E-state index contributed by atoms with van der Waals surface area (Å²) in [4.78, 5) is 15.0. The van der Waals surface area contributed by atoms with Crippen molar-refractivity contribution in [2.24, 2.45) is 7.05 Å². The molecule has 0 aliphatic rings. The Kier molecular flexibility index (Phi) is 4.26. The van der Waals surface area contributed by atoms with Gasteiger partial charge in [-0.2, -0.15) is 4.72 Å². The van der Waals surface area contributed by atoms with Gasteiger partial charge in [0.1, 0.15) is 6.04 Å². The summed E-state index contributed by atoms with van der Waals surface area (Å²) >= 11 is 0. The molecule has 8 nitrogen and oxygen atoms in total.